The minimum atomic E-state index is -4.49. The minimum absolute atomic E-state index is 0.117. The first-order valence-corrected chi connectivity index (χ1v) is 10.7. The lowest BCUT2D eigenvalue weighted by molar-refractivity contribution is 0.302. The molecule has 1 heterocycles. The number of nitrogens with zero attached hydrogens (tertiary/aromatic N) is 3. The van der Waals surface area contributed by atoms with Crippen LogP contribution in [-0.2, 0) is 16.7 Å². The topological polar surface area (TPSA) is 127 Å². The van der Waals surface area contributed by atoms with Crippen molar-refractivity contribution in [3.63, 3.8) is 0 Å². The smallest absolute Gasteiger partial charge is 0.295 e. The van der Waals surface area contributed by atoms with E-state index in [-0.39, 0.29) is 22.9 Å². The molecule has 0 saturated carbocycles. The molecule has 0 radical (unpaired) electrons. The summed E-state index contributed by atoms with van der Waals surface area (Å²) in [5.41, 5.74) is 7.75. The van der Waals surface area contributed by atoms with Gasteiger partial charge < -0.3 is 10.5 Å². The summed E-state index contributed by atoms with van der Waals surface area (Å²) in [6, 6.07) is 20.4. The molecular weight excluding hydrogens is 416 g/mol. The summed E-state index contributed by atoms with van der Waals surface area (Å²) in [5, 5.41) is 9.10. The first-order valence-electron chi connectivity index (χ1n) is 9.25. The fourth-order valence-corrected chi connectivity index (χ4v) is 3.77. The highest BCUT2D eigenvalue weighted by Crippen LogP contribution is 2.37. The zero-order chi connectivity index (χ0) is 21.8. The molecule has 0 unspecified atom stereocenters. The molecule has 9 heteroatoms. The van der Waals surface area contributed by atoms with Crippen LogP contribution >= 0.6 is 0 Å². The van der Waals surface area contributed by atoms with Crippen molar-refractivity contribution >= 4 is 38.0 Å². The highest BCUT2D eigenvalue weighted by Gasteiger charge is 2.18. The van der Waals surface area contributed by atoms with Crippen molar-refractivity contribution in [1.82, 2.24) is 4.98 Å². The molecule has 0 bridgehead atoms. The molecule has 0 aliphatic heterocycles. The number of aromatic nitrogens is 1. The number of hydrogen-bond donors (Lipinski definition) is 2. The first kappa shape index (κ1) is 20.5. The van der Waals surface area contributed by atoms with E-state index in [4.69, 9.17) is 10.5 Å². The number of benzene rings is 3. The summed E-state index contributed by atoms with van der Waals surface area (Å²) in [7, 11) is -4.49. The Morgan fingerprint density at radius 1 is 0.903 bits per heavy atom. The van der Waals surface area contributed by atoms with Gasteiger partial charge in [-0.2, -0.15) is 8.42 Å². The monoisotopic (exact) mass is 434 g/mol. The largest absolute Gasteiger partial charge is 0.485 e. The Bertz CT molecular complexity index is 1370. The van der Waals surface area contributed by atoms with Crippen LogP contribution in [0.2, 0.25) is 0 Å². The van der Waals surface area contributed by atoms with Gasteiger partial charge in [0.2, 0.25) is 0 Å². The maximum Gasteiger partial charge on any atom is 0.295 e. The zero-order valence-electron chi connectivity index (χ0n) is 16.2. The second-order valence-electron chi connectivity index (χ2n) is 6.61. The van der Waals surface area contributed by atoms with E-state index in [0.29, 0.717) is 22.2 Å². The van der Waals surface area contributed by atoms with Crippen molar-refractivity contribution in [3.8, 4) is 5.75 Å². The number of hydrogen-bond acceptors (Lipinski definition) is 7. The molecule has 4 rings (SSSR count). The molecule has 31 heavy (non-hydrogen) atoms. The summed E-state index contributed by atoms with van der Waals surface area (Å²) in [4.78, 5) is 3.93. The van der Waals surface area contributed by atoms with E-state index in [1.54, 1.807) is 54.7 Å². The van der Waals surface area contributed by atoms with Crippen molar-refractivity contribution in [3.05, 3.63) is 84.7 Å². The molecule has 4 aromatic rings. The maximum absolute atomic E-state index is 11.9. The number of pyridine rings is 1. The van der Waals surface area contributed by atoms with Crippen LogP contribution in [0, 0.1) is 0 Å². The average Bonchev–Trinajstić information content (AvgIpc) is 2.78. The van der Waals surface area contributed by atoms with E-state index in [0.717, 1.165) is 5.69 Å². The van der Waals surface area contributed by atoms with Crippen LogP contribution in [0.5, 0.6) is 5.75 Å². The number of para-hydroxylation sites is 1. The molecule has 156 valence electrons. The molecule has 0 aliphatic rings. The summed E-state index contributed by atoms with van der Waals surface area (Å²) in [6.07, 6.45) is 1.68. The van der Waals surface area contributed by atoms with Gasteiger partial charge in [-0.05, 0) is 30.3 Å². The van der Waals surface area contributed by atoms with Gasteiger partial charge in [-0.25, -0.2) is 0 Å². The molecule has 0 saturated heterocycles. The Morgan fingerprint density at radius 3 is 2.32 bits per heavy atom. The van der Waals surface area contributed by atoms with Gasteiger partial charge in [0.05, 0.1) is 11.4 Å². The quantitative estimate of drug-likeness (QED) is 0.248. The van der Waals surface area contributed by atoms with Crippen LogP contribution in [0.4, 0.5) is 17.1 Å². The number of nitrogens with two attached hydrogens (primary N) is 1. The van der Waals surface area contributed by atoms with Gasteiger partial charge in [0.25, 0.3) is 10.1 Å². The van der Waals surface area contributed by atoms with Gasteiger partial charge >= 0.3 is 0 Å². The van der Waals surface area contributed by atoms with Crippen molar-refractivity contribution in [2.24, 2.45) is 10.2 Å². The van der Waals surface area contributed by atoms with E-state index >= 15 is 0 Å². The molecular formula is C22H18N4O4S. The summed E-state index contributed by atoms with van der Waals surface area (Å²) in [6.45, 7) is 0.248. The Labute approximate surface area is 178 Å². The Hall–Kier alpha value is -3.82. The number of nitrogen functional groups attached to an aromatic ring is 1. The van der Waals surface area contributed by atoms with E-state index in [1.165, 1.54) is 6.07 Å². The van der Waals surface area contributed by atoms with Gasteiger partial charge in [0.1, 0.15) is 28.6 Å². The van der Waals surface area contributed by atoms with Crippen molar-refractivity contribution in [2.45, 2.75) is 11.5 Å². The average molecular weight is 434 g/mol. The van der Waals surface area contributed by atoms with Crippen LogP contribution < -0.4 is 10.5 Å². The van der Waals surface area contributed by atoms with Gasteiger partial charge in [-0.15, -0.1) is 10.2 Å². The lowest BCUT2D eigenvalue weighted by atomic mass is 10.1. The van der Waals surface area contributed by atoms with Crippen LogP contribution in [0.15, 0.2) is 94.1 Å². The van der Waals surface area contributed by atoms with Crippen molar-refractivity contribution in [2.75, 3.05) is 5.73 Å². The van der Waals surface area contributed by atoms with Crippen LogP contribution in [-0.4, -0.2) is 18.0 Å². The minimum Gasteiger partial charge on any atom is -0.485 e. The SMILES string of the molecule is Nc1c(N=Nc2ccccc2OCc2ccccn2)cc(S(=O)(=O)O)c2ccccc12. The van der Waals surface area contributed by atoms with Crippen molar-refractivity contribution < 1.29 is 17.7 Å². The Balaban J connectivity index is 1.70. The van der Waals surface area contributed by atoms with E-state index in [9.17, 15) is 13.0 Å². The molecule has 0 atom stereocenters. The summed E-state index contributed by atoms with van der Waals surface area (Å²) >= 11 is 0. The normalized spacial score (nSPS) is 11.8. The molecule has 0 spiro atoms. The number of azo groups is 1. The summed E-state index contributed by atoms with van der Waals surface area (Å²) in [5.74, 6) is 0.478. The molecule has 0 fully saturated rings. The van der Waals surface area contributed by atoms with Gasteiger partial charge in [0.15, 0.2) is 0 Å². The molecule has 0 aliphatic carbocycles. The predicted octanol–water partition coefficient (Wildman–Crippen LogP) is 5.06. The predicted molar refractivity (Wildman–Crippen MR) is 117 cm³/mol. The fourth-order valence-electron chi connectivity index (χ4n) is 3.05. The standard InChI is InChI=1S/C22H18N4O4S/c23-22-17-9-2-1-8-16(17)21(31(27,28)29)13-19(22)26-25-18-10-3-4-11-20(18)30-14-15-7-5-6-12-24-15/h1-13H,14,23H2,(H,27,28,29). The third kappa shape index (κ3) is 4.52. The fraction of sp³-hybridized carbons (Fsp3) is 0.0455. The Kier molecular flexibility index (Phi) is 5.61. The van der Waals surface area contributed by atoms with Crippen LogP contribution in [0.25, 0.3) is 10.8 Å². The molecule has 1 aromatic heterocycles. The van der Waals surface area contributed by atoms with Crippen molar-refractivity contribution in [1.29, 1.82) is 0 Å². The zero-order valence-corrected chi connectivity index (χ0v) is 17.0. The van der Waals surface area contributed by atoms with Crippen LogP contribution in [0.3, 0.4) is 0 Å². The molecule has 3 N–H and O–H groups in total. The summed E-state index contributed by atoms with van der Waals surface area (Å²) < 4.78 is 39.2. The second kappa shape index (κ2) is 8.50. The number of fused-ring (bicyclic) bond motifs is 1. The number of rotatable bonds is 6. The third-order valence-corrected chi connectivity index (χ3v) is 5.43. The van der Waals surface area contributed by atoms with Gasteiger partial charge in [-0.3, -0.25) is 9.54 Å². The van der Waals surface area contributed by atoms with E-state index in [2.05, 4.69) is 15.2 Å². The highest BCUT2D eigenvalue weighted by molar-refractivity contribution is 7.86. The van der Waals surface area contributed by atoms with Gasteiger partial charge in [0, 0.05) is 17.0 Å². The second-order valence-corrected chi connectivity index (χ2v) is 8.00. The molecule has 8 nitrogen and oxygen atoms in total. The highest BCUT2D eigenvalue weighted by atomic mass is 32.2. The molecule has 3 aromatic carbocycles. The lowest BCUT2D eigenvalue weighted by Gasteiger charge is -2.10. The third-order valence-electron chi connectivity index (χ3n) is 4.54. The van der Waals surface area contributed by atoms with E-state index in [1.807, 2.05) is 18.2 Å². The van der Waals surface area contributed by atoms with E-state index < -0.39 is 10.1 Å². The van der Waals surface area contributed by atoms with Crippen LogP contribution in [0.1, 0.15) is 5.69 Å². The maximum atomic E-state index is 11.9. The van der Waals surface area contributed by atoms with Gasteiger partial charge in [-0.1, -0.05) is 42.5 Å². The first-order chi connectivity index (χ1) is 14.9. The number of ether oxygens (including phenoxy) is 1. The lowest BCUT2D eigenvalue weighted by Crippen LogP contribution is -2.01. The molecule has 0 amide bonds. The number of anilines is 1. The Morgan fingerprint density at radius 2 is 1.58 bits per heavy atom.